The Balaban J connectivity index is 2.10. The molecular weight excluding hydrogens is 258 g/mol. The van der Waals surface area contributed by atoms with Gasteiger partial charge in [0, 0.05) is 18.0 Å². The van der Waals surface area contributed by atoms with E-state index in [0.717, 1.165) is 28.0 Å². The Morgan fingerprint density at radius 1 is 1.21 bits per heavy atom. The zero-order valence-electron chi connectivity index (χ0n) is 10.2. The van der Waals surface area contributed by atoms with Gasteiger partial charge in [0.05, 0.1) is 5.03 Å². The van der Waals surface area contributed by atoms with Gasteiger partial charge < -0.3 is 5.11 Å². The van der Waals surface area contributed by atoms with Crippen LogP contribution in [0.15, 0.2) is 59.8 Å². The fourth-order valence-electron chi connectivity index (χ4n) is 1.57. The lowest BCUT2D eigenvalue weighted by atomic mass is 10.1. The van der Waals surface area contributed by atoms with Crippen molar-refractivity contribution in [2.75, 3.05) is 0 Å². The molecule has 1 N–H and O–H groups in total. The highest BCUT2D eigenvalue weighted by Crippen LogP contribution is 2.23. The number of rotatable bonds is 5. The molecule has 0 bridgehead atoms. The van der Waals surface area contributed by atoms with Crippen LogP contribution in [0, 0.1) is 0 Å². The van der Waals surface area contributed by atoms with Crippen LogP contribution < -0.4 is 0 Å². The van der Waals surface area contributed by atoms with Gasteiger partial charge >= 0.3 is 5.97 Å². The van der Waals surface area contributed by atoms with Crippen molar-refractivity contribution in [1.29, 1.82) is 0 Å². The van der Waals surface area contributed by atoms with Gasteiger partial charge in [0.2, 0.25) is 0 Å². The van der Waals surface area contributed by atoms with E-state index in [9.17, 15) is 4.79 Å². The summed E-state index contributed by atoms with van der Waals surface area (Å²) in [5.74, 6) is -0.177. The first-order valence-corrected chi connectivity index (χ1v) is 6.77. The Hall–Kier alpha value is -2.07. The minimum atomic E-state index is -0.938. The van der Waals surface area contributed by atoms with Crippen molar-refractivity contribution in [2.45, 2.75) is 10.8 Å². The van der Waals surface area contributed by atoms with Crippen molar-refractivity contribution < 1.29 is 9.90 Å². The number of nitrogens with zero attached hydrogens (tertiary/aromatic N) is 1. The summed E-state index contributed by atoms with van der Waals surface area (Å²) in [5, 5.41) is 9.63. The Morgan fingerprint density at radius 3 is 2.74 bits per heavy atom. The normalized spacial score (nSPS) is 10.7. The molecule has 0 saturated carbocycles. The number of hydrogen-bond donors (Lipinski definition) is 1. The lowest BCUT2D eigenvalue weighted by Gasteiger charge is -2.05. The average Bonchev–Trinajstić information content (AvgIpc) is 2.45. The molecule has 0 saturated heterocycles. The third-order valence-corrected chi connectivity index (χ3v) is 3.47. The van der Waals surface area contributed by atoms with Crippen molar-refractivity contribution in [3.05, 3.63) is 65.9 Å². The van der Waals surface area contributed by atoms with E-state index in [1.165, 1.54) is 0 Å². The maximum atomic E-state index is 10.6. The van der Waals surface area contributed by atoms with Crippen LogP contribution >= 0.6 is 11.8 Å². The highest BCUT2D eigenvalue weighted by molar-refractivity contribution is 7.98. The van der Waals surface area contributed by atoms with Crippen LogP contribution in [0.1, 0.15) is 11.1 Å². The summed E-state index contributed by atoms with van der Waals surface area (Å²) in [6, 6.07) is 13.5. The monoisotopic (exact) mass is 271 g/mol. The fourth-order valence-corrected chi connectivity index (χ4v) is 2.45. The molecule has 1 heterocycles. The topological polar surface area (TPSA) is 50.2 Å². The van der Waals surface area contributed by atoms with E-state index >= 15 is 0 Å². The number of carboxylic acids is 1. The summed E-state index contributed by atoms with van der Waals surface area (Å²) in [5.41, 5.74) is 2.02. The van der Waals surface area contributed by atoms with Gasteiger partial charge in [-0.25, -0.2) is 9.78 Å². The van der Waals surface area contributed by atoms with Crippen molar-refractivity contribution in [3.8, 4) is 0 Å². The predicted octanol–water partition coefficient (Wildman–Crippen LogP) is 3.47. The molecule has 1 aromatic carbocycles. The number of aromatic nitrogens is 1. The molecule has 4 heteroatoms. The number of carbonyl (C=O) groups is 1. The maximum Gasteiger partial charge on any atom is 0.328 e. The lowest BCUT2D eigenvalue weighted by Crippen LogP contribution is -1.89. The molecule has 0 unspecified atom stereocenters. The summed E-state index contributed by atoms with van der Waals surface area (Å²) in [7, 11) is 0. The maximum absolute atomic E-state index is 10.6. The Kier molecular flexibility index (Phi) is 4.75. The second-order valence-electron chi connectivity index (χ2n) is 3.83. The fraction of sp³-hybridized carbons (Fsp3) is 0.0667. The Labute approximate surface area is 116 Å². The SMILES string of the molecule is O=C(O)C=Cc1ccccc1CSc1ccccn1. The number of benzene rings is 1. The lowest BCUT2D eigenvalue weighted by molar-refractivity contribution is -0.131. The Morgan fingerprint density at radius 2 is 2.00 bits per heavy atom. The number of hydrogen-bond acceptors (Lipinski definition) is 3. The summed E-state index contributed by atoms with van der Waals surface area (Å²) in [6.45, 7) is 0. The molecule has 19 heavy (non-hydrogen) atoms. The smallest absolute Gasteiger partial charge is 0.328 e. The Bertz CT molecular complexity index is 582. The van der Waals surface area contributed by atoms with Crippen molar-refractivity contribution in [1.82, 2.24) is 4.98 Å². The van der Waals surface area contributed by atoms with E-state index in [-0.39, 0.29) is 0 Å². The van der Waals surface area contributed by atoms with E-state index in [0.29, 0.717) is 0 Å². The van der Waals surface area contributed by atoms with Gasteiger partial charge in [-0.15, -0.1) is 11.8 Å². The summed E-state index contributed by atoms with van der Waals surface area (Å²) in [6.07, 6.45) is 4.54. The van der Waals surface area contributed by atoms with E-state index in [1.807, 2.05) is 42.5 Å². The minimum Gasteiger partial charge on any atom is -0.478 e. The second-order valence-corrected chi connectivity index (χ2v) is 4.82. The van der Waals surface area contributed by atoms with Crippen molar-refractivity contribution in [2.24, 2.45) is 0 Å². The van der Waals surface area contributed by atoms with Gasteiger partial charge in [-0.2, -0.15) is 0 Å². The summed E-state index contributed by atoms with van der Waals surface area (Å²) in [4.78, 5) is 14.8. The largest absolute Gasteiger partial charge is 0.478 e. The minimum absolute atomic E-state index is 0.761. The number of aliphatic carboxylic acids is 1. The van der Waals surface area contributed by atoms with Gasteiger partial charge in [0.1, 0.15) is 0 Å². The molecule has 96 valence electrons. The second kappa shape index (κ2) is 6.75. The third-order valence-electron chi connectivity index (χ3n) is 2.47. The standard InChI is InChI=1S/C15H13NO2S/c17-15(18)9-8-12-5-1-2-6-13(12)11-19-14-7-3-4-10-16-14/h1-10H,11H2,(H,17,18). The number of pyridine rings is 1. The van der Waals surface area contributed by atoms with E-state index in [1.54, 1.807) is 24.0 Å². The van der Waals surface area contributed by atoms with E-state index in [4.69, 9.17) is 5.11 Å². The zero-order valence-corrected chi connectivity index (χ0v) is 11.0. The molecule has 0 radical (unpaired) electrons. The molecule has 0 fully saturated rings. The first kappa shape index (κ1) is 13.4. The molecule has 1 aromatic heterocycles. The zero-order chi connectivity index (χ0) is 13.5. The van der Waals surface area contributed by atoms with Gasteiger partial charge in [-0.1, -0.05) is 30.3 Å². The van der Waals surface area contributed by atoms with Gasteiger partial charge in [0.25, 0.3) is 0 Å². The molecule has 0 aliphatic rings. The molecule has 0 atom stereocenters. The molecular formula is C15H13NO2S. The molecule has 0 spiro atoms. The predicted molar refractivity (Wildman–Crippen MR) is 76.9 cm³/mol. The van der Waals surface area contributed by atoms with E-state index in [2.05, 4.69) is 4.98 Å². The summed E-state index contributed by atoms with van der Waals surface area (Å²) >= 11 is 1.63. The van der Waals surface area contributed by atoms with Crippen LogP contribution in [0.4, 0.5) is 0 Å². The average molecular weight is 271 g/mol. The van der Waals surface area contributed by atoms with Crippen LogP contribution in [-0.4, -0.2) is 16.1 Å². The van der Waals surface area contributed by atoms with Crippen molar-refractivity contribution in [3.63, 3.8) is 0 Å². The molecule has 0 aliphatic heterocycles. The first-order valence-electron chi connectivity index (χ1n) is 5.78. The molecule has 2 aromatic rings. The highest BCUT2D eigenvalue weighted by atomic mass is 32.2. The third kappa shape index (κ3) is 4.26. The molecule has 0 aliphatic carbocycles. The number of thioether (sulfide) groups is 1. The summed E-state index contributed by atoms with van der Waals surface area (Å²) < 4.78 is 0. The highest BCUT2D eigenvalue weighted by Gasteiger charge is 2.01. The van der Waals surface area contributed by atoms with Gasteiger partial charge in [-0.05, 0) is 29.3 Å². The quantitative estimate of drug-likeness (QED) is 0.668. The molecule has 3 nitrogen and oxygen atoms in total. The van der Waals surface area contributed by atoms with Crippen LogP contribution in [0.2, 0.25) is 0 Å². The van der Waals surface area contributed by atoms with Gasteiger partial charge in [0.15, 0.2) is 0 Å². The van der Waals surface area contributed by atoms with Crippen LogP contribution in [-0.2, 0) is 10.5 Å². The van der Waals surface area contributed by atoms with Crippen LogP contribution in [0.5, 0.6) is 0 Å². The van der Waals surface area contributed by atoms with Crippen LogP contribution in [0.3, 0.4) is 0 Å². The van der Waals surface area contributed by atoms with Crippen LogP contribution in [0.25, 0.3) is 6.08 Å². The molecule has 2 rings (SSSR count). The molecule has 0 amide bonds. The number of carboxylic acid groups (broad SMARTS) is 1. The van der Waals surface area contributed by atoms with E-state index < -0.39 is 5.97 Å². The first-order chi connectivity index (χ1) is 9.25. The van der Waals surface area contributed by atoms with Crippen molar-refractivity contribution >= 4 is 23.8 Å². The van der Waals surface area contributed by atoms with Gasteiger partial charge in [-0.3, -0.25) is 0 Å².